The van der Waals surface area contributed by atoms with E-state index in [-0.39, 0.29) is 18.0 Å². The van der Waals surface area contributed by atoms with Crippen LogP contribution in [0.25, 0.3) is 0 Å². The third-order valence-electron chi connectivity index (χ3n) is 3.73. The van der Waals surface area contributed by atoms with E-state index in [9.17, 15) is 9.59 Å². The molecule has 0 radical (unpaired) electrons. The zero-order valence-electron chi connectivity index (χ0n) is 15.3. The Kier molecular flexibility index (Phi) is 7.04. The lowest BCUT2D eigenvalue weighted by Crippen LogP contribution is -2.39. The van der Waals surface area contributed by atoms with Crippen LogP contribution in [0.1, 0.15) is 35.3 Å². The standard InChI is InChI=1S/C20H24ClN3O2/c1-14(2)23-20(26)22-12-15-7-9-17(10-8-15)19(25)24(3)13-16-5-4-6-18(21)11-16/h4-11,14H,12-13H2,1-3H3,(H2,22,23,26). The smallest absolute Gasteiger partial charge is 0.315 e. The lowest BCUT2D eigenvalue weighted by atomic mass is 10.1. The van der Waals surface area contributed by atoms with Crippen LogP contribution in [0.5, 0.6) is 0 Å². The van der Waals surface area contributed by atoms with Crippen molar-refractivity contribution in [1.29, 1.82) is 0 Å². The number of urea groups is 1. The van der Waals surface area contributed by atoms with Crippen LogP contribution in [0.4, 0.5) is 4.79 Å². The molecule has 0 saturated heterocycles. The lowest BCUT2D eigenvalue weighted by Gasteiger charge is -2.18. The molecule has 2 rings (SSSR count). The van der Waals surface area contributed by atoms with E-state index < -0.39 is 0 Å². The van der Waals surface area contributed by atoms with Gasteiger partial charge in [0.25, 0.3) is 5.91 Å². The summed E-state index contributed by atoms with van der Waals surface area (Å²) in [5, 5.41) is 6.20. The fourth-order valence-electron chi connectivity index (χ4n) is 2.46. The maximum atomic E-state index is 12.5. The molecule has 0 spiro atoms. The van der Waals surface area contributed by atoms with Gasteiger partial charge in [0.15, 0.2) is 0 Å². The highest BCUT2D eigenvalue weighted by Gasteiger charge is 2.12. The van der Waals surface area contributed by atoms with E-state index in [4.69, 9.17) is 11.6 Å². The molecule has 26 heavy (non-hydrogen) atoms. The predicted molar refractivity (Wildman–Crippen MR) is 104 cm³/mol. The van der Waals surface area contributed by atoms with Crippen LogP contribution in [0.15, 0.2) is 48.5 Å². The fourth-order valence-corrected chi connectivity index (χ4v) is 2.67. The number of benzene rings is 2. The minimum atomic E-state index is -0.207. The molecule has 0 saturated carbocycles. The van der Waals surface area contributed by atoms with Crippen LogP contribution in [0, 0.1) is 0 Å². The number of hydrogen-bond donors (Lipinski definition) is 2. The van der Waals surface area contributed by atoms with Crippen LogP contribution in [-0.4, -0.2) is 29.9 Å². The summed E-state index contributed by atoms with van der Waals surface area (Å²) in [5.41, 5.74) is 2.51. The molecule has 0 atom stereocenters. The molecule has 0 bridgehead atoms. The molecule has 0 unspecified atom stereocenters. The average molecular weight is 374 g/mol. The first kappa shape index (κ1) is 19.8. The van der Waals surface area contributed by atoms with Crippen molar-refractivity contribution in [2.75, 3.05) is 7.05 Å². The Morgan fingerprint density at radius 3 is 2.38 bits per heavy atom. The summed E-state index contributed by atoms with van der Waals surface area (Å²) in [6.07, 6.45) is 0. The Morgan fingerprint density at radius 2 is 1.77 bits per heavy atom. The lowest BCUT2D eigenvalue weighted by molar-refractivity contribution is 0.0785. The van der Waals surface area contributed by atoms with Gasteiger partial charge in [-0.1, -0.05) is 35.9 Å². The summed E-state index contributed by atoms with van der Waals surface area (Å²) in [4.78, 5) is 25.8. The highest BCUT2D eigenvalue weighted by Crippen LogP contribution is 2.14. The summed E-state index contributed by atoms with van der Waals surface area (Å²) in [5.74, 6) is -0.0676. The van der Waals surface area contributed by atoms with Gasteiger partial charge in [0, 0.05) is 36.8 Å². The van der Waals surface area contributed by atoms with E-state index in [0.29, 0.717) is 23.7 Å². The Labute approximate surface area is 159 Å². The predicted octanol–water partition coefficient (Wildman–Crippen LogP) is 3.82. The van der Waals surface area contributed by atoms with Crippen molar-refractivity contribution in [1.82, 2.24) is 15.5 Å². The first-order valence-electron chi connectivity index (χ1n) is 8.48. The van der Waals surface area contributed by atoms with Gasteiger partial charge in [0.1, 0.15) is 0 Å². The second kappa shape index (κ2) is 9.25. The maximum absolute atomic E-state index is 12.5. The van der Waals surface area contributed by atoms with E-state index in [2.05, 4.69) is 10.6 Å². The van der Waals surface area contributed by atoms with E-state index >= 15 is 0 Å². The Hall–Kier alpha value is -2.53. The molecular weight excluding hydrogens is 350 g/mol. The van der Waals surface area contributed by atoms with Crippen LogP contribution in [0.3, 0.4) is 0 Å². The van der Waals surface area contributed by atoms with Crippen molar-refractivity contribution in [2.45, 2.75) is 33.0 Å². The molecule has 5 nitrogen and oxygen atoms in total. The van der Waals surface area contributed by atoms with Gasteiger partial charge in [-0.05, 0) is 49.2 Å². The largest absolute Gasteiger partial charge is 0.337 e. The molecule has 0 aliphatic carbocycles. The number of halogens is 1. The minimum Gasteiger partial charge on any atom is -0.337 e. The topological polar surface area (TPSA) is 61.4 Å². The summed E-state index contributed by atoms with van der Waals surface area (Å²) in [6, 6.07) is 14.6. The molecule has 2 aromatic carbocycles. The van der Waals surface area contributed by atoms with Crippen molar-refractivity contribution >= 4 is 23.5 Å². The van der Waals surface area contributed by atoms with E-state index in [1.807, 2.05) is 44.2 Å². The van der Waals surface area contributed by atoms with Crippen molar-refractivity contribution in [3.05, 3.63) is 70.2 Å². The molecule has 2 N–H and O–H groups in total. The van der Waals surface area contributed by atoms with Gasteiger partial charge < -0.3 is 15.5 Å². The molecule has 0 fully saturated rings. The second-order valence-electron chi connectivity index (χ2n) is 6.47. The molecule has 0 heterocycles. The summed E-state index contributed by atoms with van der Waals surface area (Å²) in [7, 11) is 1.76. The van der Waals surface area contributed by atoms with Gasteiger partial charge in [-0.3, -0.25) is 4.79 Å². The SMILES string of the molecule is CC(C)NC(=O)NCc1ccc(C(=O)N(C)Cc2cccc(Cl)c2)cc1. The minimum absolute atomic E-state index is 0.0676. The van der Waals surface area contributed by atoms with Crippen molar-refractivity contribution in [2.24, 2.45) is 0 Å². The normalized spacial score (nSPS) is 10.5. The number of nitrogens with zero attached hydrogens (tertiary/aromatic N) is 1. The van der Waals surface area contributed by atoms with Crippen LogP contribution < -0.4 is 10.6 Å². The Balaban J connectivity index is 1.92. The van der Waals surface area contributed by atoms with E-state index in [1.54, 1.807) is 30.1 Å². The van der Waals surface area contributed by atoms with Crippen LogP contribution in [0.2, 0.25) is 5.02 Å². The third-order valence-corrected chi connectivity index (χ3v) is 3.96. The molecule has 0 aliphatic rings. The van der Waals surface area contributed by atoms with Gasteiger partial charge in [-0.25, -0.2) is 4.79 Å². The highest BCUT2D eigenvalue weighted by molar-refractivity contribution is 6.30. The number of carbonyl (C=O) groups is 2. The summed E-state index contributed by atoms with van der Waals surface area (Å²) >= 11 is 5.98. The zero-order valence-corrected chi connectivity index (χ0v) is 16.0. The van der Waals surface area contributed by atoms with Crippen molar-refractivity contribution < 1.29 is 9.59 Å². The van der Waals surface area contributed by atoms with Crippen molar-refractivity contribution in [3.63, 3.8) is 0 Å². The van der Waals surface area contributed by atoms with E-state index in [0.717, 1.165) is 11.1 Å². The Bertz CT molecular complexity index is 760. The maximum Gasteiger partial charge on any atom is 0.315 e. The summed E-state index contributed by atoms with van der Waals surface area (Å²) < 4.78 is 0. The number of carbonyl (C=O) groups excluding carboxylic acids is 2. The van der Waals surface area contributed by atoms with Gasteiger partial charge in [0.05, 0.1) is 0 Å². The third kappa shape index (κ3) is 6.08. The number of rotatable bonds is 6. The molecule has 3 amide bonds. The highest BCUT2D eigenvalue weighted by atomic mass is 35.5. The van der Waals surface area contributed by atoms with Crippen LogP contribution >= 0.6 is 11.6 Å². The molecule has 138 valence electrons. The monoisotopic (exact) mass is 373 g/mol. The summed E-state index contributed by atoms with van der Waals surface area (Å²) in [6.45, 7) is 4.70. The number of nitrogens with one attached hydrogen (secondary N) is 2. The number of hydrogen-bond acceptors (Lipinski definition) is 2. The Morgan fingerprint density at radius 1 is 1.08 bits per heavy atom. The first-order chi connectivity index (χ1) is 12.3. The van der Waals surface area contributed by atoms with Gasteiger partial charge in [0.2, 0.25) is 0 Å². The van der Waals surface area contributed by atoms with Crippen LogP contribution in [-0.2, 0) is 13.1 Å². The molecule has 0 aromatic heterocycles. The molecule has 2 aromatic rings. The fraction of sp³-hybridized carbons (Fsp3) is 0.300. The second-order valence-corrected chi connectivity index (χ2v) is 6.91. The molecule has 0 aliphatic heterocycles. The zero-order chi connectivity index (χ0) is 19.1. The van der Waals surface area contributed by atoms with E-state index in [1.165, 1.54) is 0 Å². The number of amides is 3. The van der Waals surface area contributed by atoms with Gasteiger partial charge in [-0.15, -0.1) is 0 Å². The van der Waals surface area contributed by atoms with Crippen molar-refractivity contribution in [3.8, 4) is 0 Å². The van der Waals surface area contributed by atoms with Gasteiger partial charge >= 0.3 is 6.03 Å². The average Bonchev–Trinajstić information content (AvgIpc) is 2.59. The molecular formula is C20H24ClN3O2. The quantitative estimate of drug-likeness (QED) is 0.808. The van der Waals surface area contributed by atoms with Gasteiger partial charge in [-0.2, -0.15) is 0 Å². The molecule has 6 heteroatoms. The first-order valence-corrected chi connectivity index (χ1v) is 8.86.